The smallest absolute Gasteiger partial charge is 0.276 e. The van der Waals surface area contributed by atoms with Crippen molar-refractivity contribution < 1.29 is 19.2 Å². The number of carbonyl (C=O) groups is 1. The normalized spacial score (nSPS) is 23.3. The Morgan fingerprint density at radius 1 is 1.58 bits per heavy atom. The summed E-state index contributed by atoms with van der Waals surface area (Å²) in [7, 11) is 3.25. The molecule has 2 unspecified atom stereocenters. The number of carbonyl (C=O) groups excluding carboxylic acids is 1. The SMILES string of the molecule is COCc1cc(C(=O)N(C)C2CCCCC2O)no1. The molecule has 0 radical (unpaired) electrons. The number of aromatic nitrogens is 1. The van der Waals surface area contributed by atoms with Gasteiger partial charge in [-0.15, -0.1) is 0 Å². The van der Waals surface area contributed by atoms with Gasteiger partial charge < -0.3 is 19.3 Å². The predicted molar refractivity (Wildman–Crippen MR) is 67.6 cm³/mol. The van der Waals surface area contributed by atoms with Crippen molar-refractivity contribution in [2.45, 2.75) is 44.4 Å². The van der Waals surface area contributed by atoms with Crippen molar-refractivity contribution >= 4 is 5.91 Å². The molecular weight excluding hydrogens is 248 g/mol. The van der Waals surface area contributed by atoms with E-state index in [1.807, 2.05) is 0 Å². The molecule has 1 saturated carbocycles. The first kappa shape index (κ1) is 14.0. The van der Waals surface area contributed by atoms with Crippen LogP contribution in [0.2, 0.25) is 0 Å². The Balaban J connectivity index is 2.04. The van der Waals surface area contributed by atoms with Gasteiger partial charge in [-0.3, -0.25) is 4.79 Å². The van der Waals surface area contributed by atoms with Crippen LogP contribution < -0.4 is 0 Å². The molecular formula is C13H20N2O4. The molecule has 1 fully saturated rings. The molecule has 2 atom stereocenters. The zero-order valence-corrected chi connectivity index (χ0v) is 11.3. The van der Waals surface area contributed by atoms with Crippen molar-refractivity contribution in [3.63, 3.8) is 0 Å². The fourth-order valence-electron chi connectivity index (χ4n) is 2.50. The molecule has 0 aromatic carbocycles. The van der Waals surface area contributed by atoms with Gasteiger partial charge in [-0.25, -0.2) is 0 Å². The van der Waals surface area contributed by atoms with Crippen LogP contribution in [0, 0.1) is 0 Å². The van der Waals surface area contributed by atoms with Crippen LogP contribution >= 0.6 is 0 Å². The summed E-state index contributed by atoms with van der Waals surface area (Å²) in [5.74, 6) is 0.292. The average Bonchev–Trinajstić information content (AvgIpc) is 2.87. The van der Waals surface area contributed by atoms with Crippen LogP contribution in [-0.4, -0.2) is 47.4 Å². The fourth-order valence-corrected chi connectivity index (χ4v) is 2.50. The van der Waals surface area contributed by atoms with Gasteiger partial charge in [0, 0.05) is 20.2 Å². The number of hydrogen-bond acceptors (Lipinski definition) is 5. The standard InChI is InChI=1S/C13H20N2O4/c1-15(11-5-3-4-6-12(11)16)13(17)10-7-9(8-18-2)19-14-10/h7,11-12,16H,3-6,8H2,1-2H3. The molecule has 1 aliphatic rings. The van der Waals surface area contributed by atoms with Crippen LogP contribution in [0.1, 0.15) is 41.9 Å². The summed E-state index contributed by atoms with van der Waals surface area (Å²) in [6, 6.07) is 1.45. The lowest BCUT2D eigenvalue weighted by Crippen LogP contribution is -2.46. The third-order valence-corrected chi connectivity index (χ3v) is 3.58. The third kappa shape index (κ3) is 3.13. The third-order valence-electron chi connectivity index (χ3n) is 3.58. The van der Waals surface area contributed by atoms with Gasteiger partial charge in [-0.2, -0.15) is 0 Å². The van der Waals surface area contributed by atoms with E-state index in [4.69, 9.17) is 9.26 Å². The molecule has 2 rings (SSSR count). The van der Waals surface area contributed by atoms with Crippen molar-refractivity contribution in [1.29, 1.82) is 0 Å². The quantitative estimate of drug-likeness (QED) is 0.888. The van der Waals surface area contributed by atoms with Gasteiger partial charge in [-0.05, 0) is 12.8 Å². The lowest BCUT2D eigenvalue weighted by molar-refractivity contribution is 0.0262. The van der Waals surface area contributed by atoms with Crippen LogP contribution in [-0.2, 0) is 11.3 Å². The zero-order chi connectivity index (χ0) is 13.8. The first-order valence-corrected chi connectivity index (χ1v) is 6.53. The topological polar surface area (TPSA) is 75.8 Å². The first-order chi connectivity index (χ1) is 9.13. The zero-order valence-electron chi connectivity index (χ0n) is 11.3. The summed E-state index contributed by atoms with van der Waals surface area (Å²) in [5.41, 5.74) is 0.257. The lowest BCUT2D eigenvalue weighted by atomic mass is 9.91. The number of hydrogen-bond donors (Lipinski definition) is 1. The maximum absolute atomic E-state index is 12.3. The highest BCUT2D eigenvalue weighted by molar-refractivity contribution is 5.92. The molecule has 0 bridgehead atoms. The molecule has 6 nitrogen and oxygen atoms in total. The van der Waals surface area contributed by atoms with Crippen LogP contribution in [0.15, 0.2) is 10.6 Å². The second-order valence-electron chi connectivity index (χ2n) is 4.95. The summed E-state index contributed by atoms with van der Waals surface area (Å²) in [4.78, 5) is 13.8. The van der Waals surface area contributed by atoms with Crippen LogP contribution in [0.3, 0.4) is 0 Å². The Bertz CT molecular complexity index is 432. The molecule has 1 amide bonds. The summed E-state index contributed by atoms with van der Waals surface area (Å²) < 4.78 is 9.92. The first-order valence-electron chi connectivity index (χ1n) is 6.53. The van der Waals surface area contributed by atoms with E-state index in [1.165, 1.54) is 0 Å². The lowest BCUT2D eigenvalue weighted by Gasteiger charge is -2.34. The van der Waals surface area contributed by atoms with E-state index in [0.29, 0.717) is 5.76 Å². The van der Waals surface area contributed by atoms with E-state index in [9.17, 15) is 9.90 Å². The second kappa shape index (κ2) is 6.16. The molecule has 106 valence electrons. The summed E-state index contributed by atoms with van der Waals surface area (Å²) in [6.07, 6.45) is 3.17. The maximum atomic E-state index is 12.3. The molecule has 1 aromatic heterocycles. The number of methoxy groups -OCH3 is 1. The second-order valence-corrected chi connectivity index (χ2v) is 4.95. The minimum Gasteiger partial charge on any atom is -0.391 e. The number of ether oxygens (including phenoxy) is 1. The summed E-state index contributed by atoms with van der Waals surface area (Å²) in [6.45, 7) is 0.288. The van der Waals surface area contributed by atoms with E-state index in [0.717, 1.165) is 25.7 Å². The fraction of sp³-hybridized carbons (Fsp3) is 0.692. The number of aliphatic hydroxyl groups is 1. The highest BCUT2D eigenvalue weighted by atomic mass is 16.5. The number of likely N-dealkylation sites (N-methyl/N-ethyl adjacent to an activating group) is 1. The van der Waals surface area contributed by atoms with Crippen molar-refractivity contribution in [3.8, 4) is 0 Å². The molecule has 1 N–H and O–H groups in total. The van der Waals surface area contributed by atoms with Gasteiger partial charge >= 0.3 is 0 Å². The van der Waals surface area contributed by atoms with Crippen LogP contribution in [0.25, 0.3) is 0 Å². The van der Waals surface area contributed by atoms with Crippen LogP contribution in [0.5, 0.6) is 0 Å². The Kier molecular flexibility index (Phi) is 4.55. The van der Waals surface area contributed by atoms with E-state index in [-0.39, 0.29) is 24.2 Å². The van der Waals surface area contributed by atoms with E-state index >= 15 is 0 Å². The minimum absolute atomic E-state index is 0.135. The van der Waals surface area contributed by atoms with Crippen LogP contribution in [0.4, 0.5) is 0 Å². The maximum Gasteiger partial charge on any atom is 0.276 e. The molecule has 1 heterocycles. The Hall–Kier alpha value is -1.40. The Morgan fingerprint density at radius 3 is 3.00 bits per heavy atom. The molecule has 1 aromatic rings. The monoisotopic (exact) mass is 268 g/mol. The number of nitrogens with zero attached hydrogens (tertiary/aromatic N) is 2. The average molecular weight is 268 g/mol. The predicted octanol–water partition coefficient (Wildman–Crippen LogP) is 1.20. The molecule has 0 spiro atoms. The van der Waals surface area contributed by atoms with Crippen molar-refractivity contribution in [1.82, 2.24) is 10.1 Å². The van der Waals surface area contributed by atoms with E-state index < -0.39 is 6.10 Å². The minimum atomic E-state index is -0.451. The van der Waals surface area contributed by atoms with Gasteiger partial charge in [0.15, 0.2) is 11.5 Å². The Labute approximate surface area is 112 Å². The highest BCUT2D eigenvalue weighted by Crippen LogP contribution is 2.23. The summed E-state index contributed by atoms with van der Waals surface area (Å²) in [5, 5.41) is 13.7. The van der Waals surface area contributed by atoms with Gasteiger partial charge in [0.05, 0.1) is 12.1 Å². The van der Waals surface area contributed by atoms with Gasteiger partial charge in [0.2, 0.25) is 0 Å². The Morgan fingerprint density at radius 2 is 2.32 bits per heavy atom. The molecule has 6 heteroatoms. The van der Waals surface area contributed by atoms with Gasteiger partial charge in [0.1, 0.15) is 6.61 Å². The van der Waals surface area contributed by atoms with E-state index in [2.05, 4.69) is 5.16 Å². The van der Waals surface area contributed by atoms with Crippen molar-refractivity contribution in [2.75, 3.05) is 14.2 Å². The molecule has 0 saturated heterocycles. The van der Waals surface area contributed by atoms with E-state index in [1.54, 1.807) is 25.1 Å². The number of rotatable bonds is 4. The van der Waals surface area contributed by atoms with Crippen molar-refractivity contribution in [2.24, 2.45) is 0 Å². The van der Waals surface area contributed by atoms with Gasteiger partial charge in [-0.1, -0.05) is 18.0 Å². The molecule has 1 aliphatic carbocycles. The highest BCUT2D eigenvalue weighted by Gasteiger charge is 2.31. The molecule has 0 aliphatic heterocycles. The molecule has 19 heavy (non-hydrogen) atoms. The van der Waals surface area contributed by atoms with Crippen molar-refractivity contribution in [3.05, 3.63) is 17.5 Å². The largest absolute Gasteiger partial charge is 0.391 e. The summed E-state index contributed by atoms with van der Waals surface area (Å²) >= 11 is 0. The van der Waals surface area contributed by atoms with Gasteiger partial charge in [0.25, 0.3) is 5.91 Å². The number of aliphatic hydroxyl groups excluding tert-OH is 1. The number of amides is 1.